The van der Waals surface area contributed by atoms with E-state index in [4.69, 9.17) is 4.42 Å². The van der Waals surface area contributed by atoms with Crippen LogP contribution in [0, 0.1) is 12.8 Å². The van der Waals surface area contributed by atoms with Gasteiger partial charge in [-0.25, -0.2) is 0 Å². The van der Waals surface area contributed by atoms with Crippen LogP contribution in [0.4, 0.5) is 0 Å². The fourth-order valence-corrected chi connectivity index (χ4v) is 3.97. The Labute approximate surface area is 147 Å². The second-order valence-corrected chi connectivity index (χ2v) is 7.05. The summed E-state index contributed by atoms with van der Waals surface area (Å²) in [6.45, 7) is 2.94. The van der Waals surface area contributed by atoms with E-state index in [2.05, 4.69) is 0 Å². The van der Waals surface area contributed by atoms with E-state index in [0.717, 1.165) is 18.4 Å². The molecule has 5 nitrogen and oxygen atoms in total. The minimum Gasteiger partial charge on any atom is -0.461 e. The number of nitrogens with zero attached hydrogens (tertiary/aromatic N) is 2. The van der Waals surface area contributed by atoms with Crippen LogP contribution < -0.4 is 0 Å². The molecule has 2 aromatic rings. The molecule has 1 aromatic heterocycles. The Morgan fingerprint density at radius 3 is 2.68 bits per heavy atom. The first-order chi connectivity index (χ1) is 12.0. The molecule has 0 spiro atoms. The lowest BCUT2D eigenvalue weighted by Gasteiger charge is -2.32. The number of amides is 2. The lowest BCUT2D eigenvalue weighted by molar-refractivity contribution is -0.138. The number of hydrogen-bond acceptors (Lipinski definition) is 3. The second kappa shape index (κ2) is 6.06. The summed E-state index contributed by atoms with van der Waals surface area (Å²) < 4.78 is 5.83. The summed E-state index contributed by atoms with van der Waals surface area (Å²) in [6.07, 6.45) is 1.83. The highest BCUT2D eigenvalue weighted by Crippen LogP contribution is 2.32. The highest BCUT2D eigenvalue weighted by atomic mass is 16.3. The van der Waals surface area contributed by atoms with E-state index >= 15 is 0 Å². The summed E-state index contributed by atoms with van der Waals surface area (Å²) in [5.41, 5.74) is 1.48. The first kappa shape index (κ1) is 15.9. The maximum absolute atomic E-state index is 13.2. The Morgan fingerprint density at radius 1 is 1.16 bits per heavy atom. The van der Waals surface area contributed by atoms with Crippen LogP contribution in [-0.4, -0.2) is 47.8 Å². The molecule has 0 saturated carbocycles. The van der Waals surface area contributed by atoms with Crippen molar-refractivity contribution in [1.82, 2.24) is 9.80 Å². The SMILES string of the molecule is Cc1cc(C(=O)N2C[C@@H]3CC[C@H](C2)N(C)C3=O)c(-c2ccccc2)o1. The van der Waals surface area contributed by atoms with Gasteiger partial charge in [-0.1, -0.05) is 30.3 Å². The maximum Gasteiger partial charge on any atom is 0.257 e. The lowest BCUT2D eigenvalue weighted by atomic mass is 9.95. The first-order valence-electron chi connectivity index (χ1n) is 8.76. The average molecular weight is 338 g/mol. The normalized spacial score (nSPS) is 23.0. The number of likely N-dealkylation sites (N-methyl/N-ethyl adjacent to an activating group) is 1. The van der Waals surface area contributed by atoms with E-state index in [9.17, 15) is 9.59 Å². The molecule has 3 saturated heterocycles. The van der Waals surface area contributed by atoms with Gasteiger partial charge in [0, 0.05) is 31.7 Å². The van der Waals surface area contributed by atoms with Gasteiger partial charge in [0.2, 0.25) is 5.91 Å². The molecule has 25 heavy (non-hydrogen) atoms. The fourth-order valence-electron chi connectivity index (χ4n) is 3.97. The van der Waals surface area contributed by atoms with Crippen LogP contribution in [0.1, 0.15) is 29.0 Å². The van der Waals surface area contributed by atoms with Crippen LogP contribution in [0.3, 0.4) is 0 Å². The summed E-state index contributed by atoms with van der Waals surface area (Å²) >= 11 is 0. The Morgan fingerprint density at radius 2 is 1.92 bits per heavy atom. The zero-order valence-electron chi connectivity index (χ0n) is 14.6. The van der Waals surface area contributed by atoms with Crippen molar-refractivity contribution in [2.75, 3.05) is 20.1 Å². The van der Waals surface area contributed by atoms with E-state index in [1.54, 1.807) is 0 Å². The Bertz CT molecular complexity index is 812. The Kier molecular flexibility index (Phi) is 3.86. The van der Waals surface area contributed by atoms with Crippen molar-refractivity contribution in [1.29, 1.82) is 0 Å². The Balaban J connectivity index is 1.67. The molecule has 3 fully saturated rings. The summed E-state index contributed by atoms with van der Waals surface area (Å²) in [6, 6.07) is 11.6. The van der Waals surface area contributed by atoms with Crippen LogP contribution in [0.15, 0.2) is 40.8 Å². The van der Waals surface area contributed by atoms with Gasteiger partial charge < -0.3 is 14.2 Å². The van der Waals surface area contributed by atoms with E-state index in [1.807, 2.05) is 60.2 Å². The predicted octanol–water partition coefficient (Wildman–Crippen LogP) is 2.95. The molecule has 2 amide bonds. The number of aryl methyl sites for hydroxylation is 1. The van der Waals surface area contributed by atoms with Crippen molar-refractivity contribution >= 4 is 11.8 Å². The largest absolute Gasteiger partial charge is 0.461 e. The molecular formula is C20H22N2O3. The van der Waals surface area contributed by atoms with Crippen LogP contribution in [0.2, 0.25) is 0 Å². The molecule has 0 aliphatic carbocycles. The van der Waals surface area contributed by atoms with Crippen molar-refractivity contribution in [2.24, 2.45) is 5.92 Å². The third kappa shape index (κ3) is 2.73. The monoisotopic (exact) mass is 338 g/mol. The lowest BCUT2D eigenvalue weighted by Crippen LogP contribution is -2.45. The highest BCUT2D eigenvalue weighted by molar-refractivity contribution is 6.00. The minimum absolute atomic E-state index is 0.0456. The molecule has 4 heterocycles. The molecule has 2 atom stereocenters. The summed E-state index contributed by atoms with van der Waals surface area (Å²) in [5, 5.41) is 0. The molecule has 5 heteroatoms. The molecule has 3 aliphatic heterocycles. The van der Waals surface area contributed by atoms with E-state index in [-0.39, 0.29) is 23.8 Å². The van der Waals surface area contributed by atoms with Gasteiger partial charge in [0.1, 0.15) is 11.5 Å². The van der Waals surface area contributed by atoms with Crippen molar-refractivity contribution in [3.63, 3.8) is 0 Å². The number of fused-ring (bicyclic) bond motifs is 4. The highest BCUT2D eigenvalue weighted by Gasteiger charge is 2.40. The van der Waals surface area contributed by atoms with E-state index < -0.39 is 0 Å². The smallest absolute Gasteiger partial charge is 0.257 e. The van der Waals surface area contributed by atoms with Crippen molar-refractivity contribution in [2.45, 2.75) is 25.8 Å². The molecule has 3 aliphatic rings. The van der Waals surface area contributed by atoms with Gasteiger partial charge in [-0.05, 0) is 25.8 Å². The predicted molar refractivity (Wildman–Crippen MR) is 94.1 cm³/mol. The van der Waals surface area contributed by atoms with Gasteiger partial charge in [0.25, 0.3) is 5.91 Å². The number of piperidine rings is 1. The fraction of sp³-hybridized carbons (Fsp3) is 0.400. The standard InChI is InChI=1S/C20H22N2O3/c1-13-10-17(18(25-13)14-6-4-3-5-7-14)20(24)22-11-15-8-9-16(12-22)21(2)19(15)23/h3-7,10,15-16H,8-9,11-12H2,1-2H3/t15-,16+/m0/s1. The zero-order valence-corrected chi connectivity index (χ0v) is 14.6. The first-order valence-corrected chi connectivity index (χ1v) is 8.76. The molecule has 0 radical (unpaired) electrons. The van der Waals surface area contributed by atoms with Gasteiger partial charge >= 0.3 is 0 Å². The Hall–Kier alpha value is -2.56. The molecule has 5 rings (SSSR count). The zero-order chi connectivity index (χ0) is 17.6. The summed E-state index contributed by atoms with van der Waals surface area (Å²) in [5.74, 6) is 1.36. The molecule has 0 N–H and O–H groups in total. The number of benzene rings is 1. The van der Waals surface area contributed by atoms with E-state index in [0.29, 0.717) is 30.2 Å². The third-order valence-electron chi connectivity index (χ3n) is 5.37. The molecule has 1 aromatic carbocycles. The van der Waals surface area contributed by atoms with Crippen molar-refractivity contribution < 1.29 is 14.0 Å². The number of carbonyl (C=O) groups excluding carboxylic acids is 2. The molecule has 0 unspecified atom stereocenters. The van der Waals surface area contributed by atoms with Crippen LogP contribution in [0.5, 0.6) is 0 Å². The average Bonchev–Trinajstić information content (AvgIpc) is 2.82. The second-order valence-electron chi connectivity index (χ2n) is 7.05. The van der Waals surface area contributed by atoms with Gasteiger partial charge in [0.05, 0.1) is 11.5 Å². The number of rotatable bonds is 2. The number of furan rings is 1. The van der Waals surface area contributed by atoms with Gasteiger partial charge in [-0.2, -0.15) is 0 Å². The van der Waals surface area contributed by atoms with Crippen molar-refractivity contribution in [3.8, 4) is 11.3 Å². The van der Waals surface area contributed by atoms with Gasteiger partial charge in [-0.3, -0.25) is 9.59 Å². The number of hydrogen-bond donors (Lipinski definition) is 0. The number of carbonyl (C=O) groups is 2. The van der Waals surface area contributed by atoms with Gasteiger partial charge in [-0.15, -0.1) is 0 Å². The van der Waals surface area contributed by atoms with Crippen LogP contribution in [0.25, 0.3) is 11.3 Å². The molecule has 2 bridgehead atoms. The van der Waals surface area contributed by atoms with Crippen molar-refractivity contribution in [3.05, 3.63) is 47.7 Å². The molecule has 130 valence electrons. The van der Waals surface area contributed by atoms with Gasteiger partial charge in [0.15, 0.2) is 0 Å². The van der Waals surface area contributed by atoms with Crippen LogP contribution in [-0.2, 0) is 4.79 Å². The topological polar surface area (TPSA) is 53.8 Å². The maximum atomic E-state index is 13.2. The molecular weight excluding hydrogens is 316 g/mol. The quantitative estimate of drug-likeness (QED) is 0.846. The van der Waals surface area contributed by atoms with Crippen LogP contribution >= 0.6 is 0 Å². The minimum atomic E-state index is -0.0825. The summed E-state index contributed by atoms with van der Waals surface area (Å²) in [7, 11) is 1.85. The summed E-state index contributed by atoms with van der Waals surface area (Å²) in [4.78, 5) is 29.3. The van der Waals surface area contributed by atoms with E-state index in [1.165, 1.54) is 0 Å². The third-order valence-corrected chi connectivity index (χ3v) is 5.37.